The lowest BCUT2D eigenvalue weighted by Gasteiger charge is -2.35. The van der Waals surface area contributed by atoms with Crippen LogP contribution in [-0.2, 0) is 36.5 Å². The largest absolute Gasteiger partial charge is 0.490 e. The monoisotopic (exact) mass is 1010 g/mol. The van der Waals surface area contributed by atoms with Gasteiger partial charge in [0.05, 0.1) is 76.2 Å². The molecule has 71 heavy (non-hydrogen) atoms. The molecular weight excluding hydrogens is 956 g/mol. The predicted octanol–water partition coefficient (Wildman–Crippen LogP) is 8.47. The number of alkyl halides is 3. The van der Waals surface area contributed by atoms with Crippen molar-refractivity contribution in [1.29, 1.82) is 5.26 Å². The van der Waals surface area contributed by atoms with Gasteiger partial charge >= 0.3 is 6.18 Å². The van der Waals surface area contributed by atoms with Crippen LogP contribution in [0.1, 0.15) is 76.3 Å². The van der Waals surface area contributed by atoms with Crippen molar-refractivity contribution in [2.75, 3.05) is 36.2 Å². The molecule has 2 aromatic heterocycles. The summed E-state index contributed by atoms with van der Waals surface area (Å²) in [6.07, 6.45) is -3.34. The number of carbonyl (C=O) groups is 4. The number of ether oxygens (including phenoxy) is 2. The molecular formula is C52H54F3N7O7S2. The Labute approximate surface area is 419 Å². The quantitative estimate of drug-likeness (QED) is 0.0672. The number of aliphatic hydroxyl groups excluding tert-OH is 1. The summed E-state index contributed by atoms with van der Waals surface area (Å²) in [5.41, 5.74) is 2.90. The lowest BCUT2D eigenvalue weighted by atomic mass is 9.85. The third-order valence-electron chi connectivity index (χ3n) is 12.5. The first kappa shape index (κ1) is 52.2. The van der Waals surface area contributed by atoms with Gasteiger partial charge in [0, 0.05) is 37.1 Å². The molecule has 3 atom stereocenters. The molecule has 2 aliphatic rings. The number of benzene rings is 3. The topological polar surface area (TPSA) is 178 Å². The van der Waals surface area contributed by atoms with E-state index in [1.54, 1.807) is 78.7 Å². The molecule has 4 heterocycles. The first-order valence-electron chi connectivity index (χ1n) is 23.0. The van der Waals surface area contributed by atoms with E-state index < -0.39 is 64.2 Å². The zero-order valence-corrected chi connectivity index (χ0v) is 41.7. The van der Waals surface area contributed by atoms with Crippen molar-refractivity contribution in [2.24, 2.45) is 5.41 Å². The number of hydrogen-bond acceptors (Lipinski definition) is 12. The third kappa shape index (κ3) is 11.8. The van der Waals surface area contributed by atoms with Gasteiger partial charge in [-0.1, -0.05) is 57.2 Å². The fourth-order valence-corrected chi connectivity index (χ4v) is 9.94. The standard InChI is InChI=1S/C52H54F3N7O7S2/c1-31-45(71-30-58-31)34-10-7-32(8-11-34)9-20-43(64)42-26-38(63)29-60(42)47(66)46(50(2,3)4)59-44(65)21-22-68-23-24-69-39-18-19-41(57-28-39)33-12-15-36(16-13-33)62-49(70)61(48(67)51(62,5)6)37-17-14-35(27-56)40(25-37)52(53,54)55/h7-8,10-19,25,28,30,38,42,46,63H,9,20-24,26,29H2,1-6H3,(H,59,65)/t38-,42+,46-/m1/s1. The molecule has 5 aromatic rings. The molecule has 0 spiro atoms. The zero-order chi connectivity index (χ0) is 51.4. The molecule has 0 aliphatic carbocycles. The molecule has 2 aliphatic heterocycles. The number of thiazole rings is 1. The number of pyridine rings is 1. The van der Waals surface area contributed by atoms with E-state index >= 15 is 0 Å². The minimum atomic E-state index is -4.81. The average molecular weight is 1010 g/mol. The van der Waals surface area contributed by atoms with Gasteiger partial charge in [0.15, 0.2) is 10.9 Å². The van der Waals surface area contributed by atoms with Crippen molar-refractivity contribution in [3.05, 3.63) is 113 Å². The minimum absolute atomic E-state index is 0.00138. The number of amides is 3. The summed E-state index contributed by atoms with van der Waals surface area (Å²) in [4.78, 5) is 68.3. The molecule has 3 amide bonds. The van der Waals surface area contributed by atoms with Gasteiger partial charge in [-0.05, 0) is 98.4 Å². The maximum Gasteiger partial charge on any atom is 0.417 e. The van der Waals surface area contributed by atoms with E-state index in [1.807, 2.05) is 57.5 Å². The number of nitrogens with zero attached hydrogens (tertiary/aromatic N) is 6. The van der Waals surface area contributed by atoms with Crippen LogP contribution >= 0.6 is 23.6 Å². The van der Waals surface area contributed by atoms with Gasteiger partial charge in [0.25, 0.3) is 5.91 Å². The van der Waals surface area contributed by atoms with Gasteiger partial charge in [-0.2, -0.15) is 18.4 Å². The second kappa shape index (κ2) is 21.4. The SMILES string of the molecule is Cc1ncsc1-c1ccc(CCC(=O)[C@@H]2C[C@@H](O)CN2C(=O)[C@@H](NC(=O)CCOCCOc2ccc(-c3ccc(N4C(=S)N(c5ccc(C#N)c(C(F)(F)F)c5)C(=O)C4(C)C)cc3)nc2)C(C)(C)C)cc1. The van der Waals surface area contributed by atoms with Crippen molar-refractivity contribution >= 4 is 63.5 Å². The van der Waals surface area contributed by atoms with E-state index in [-0.39, 0.29) is 62.2 Å². The number of hydrogen-bond donors (Lipinski definition) is 2. The molecule has 2 saturated heterocycles. The van der Waals surface area contributed by atoms with E-state index in [0.717, 1.165) is 44.3 Å². The van der Waals surface area contributed by atoms with Gasteiger partial charge in [-0.15, -0.1) is 11.3 Å². The van der Waals surface area contributed by atoms with E-state index in [2.05, 4.69) is 15.3 Å². The summed E-state index contributed by atoms with van der Waals surface area (Å²) in [5, 5.41) is 22.7. The second-order valence-corrected chi connectivity index (χ2v) is 20.2. The van der Waals surface area contributed by atoms with Crippen LogP contribution < -0.4 is 19.9 Å². The summed E-state index contributed by atoms with van der Waals surface area (Å²) < 4.78 is 52.8. The molecule has 14 nitrogen and oxygen atoms in total. The van der Waals surface area contributed by atoms with Crippen LogP contribution in [0.2, 0.25) is 0 Å². The number of ketones is 1. The Balaban J connectivity index is 0.860. The molecule has 0 unspecified atom stereocenters. The van der Waals surface area contributed by atoms with Crippen LogP contribution in [0.4, 0.5) is 24.5 Å². The van der Waals surface area contributed by atoms with Crippen LogP contribution in [0.25, 0.3) is 21.7 Å². The van der Waals surface area contributed by atoms with Crippen LogP contribution in [-0.4, -0.2) is 98.7 Å². The maximum atomic E-state index is 14.0. The summed E-state index contributed by atoms with van der Waals surface area (Å²) in [6, 6.07) is 21.4. The van der Waals surface area contributed by atoms with Crippen molar-refractivity contribution in [3.63, 3.8) is 0 Å². The molecule has 19 heteroatoms. The minimum Gasteiger partial charge on any atom is -0.490 e. The molecule has 0 saturated carbocycles. The van der Waals surface area contributed by atoms with Crippen LogP contribution in [0.15, 0.2) is 90.6 Å². The highest BCUT2D eigenvalue weighted by Gasteiger charge is 2.51. The Morgan fingerprint density at radius 2 is 1.65 bits per heavy atom. The van der Waals surface area contributed by atoms with Crippen molar-refractivity contribution in [2.45, 2.75) is 97.1 Å². The number of β-amino-alcohol motifs (C(OH)–C–C–N with tert-alkyl or cyclic N) is 1. The fourth-order valence-electron chi connectivity index (χ4n) is 8.61. The van der Waals surface area contributed by atoms with Gasteiger partial charge in [0.2, 0.25) is 11.8 Å². The predicted molar refractivity (Wildman–Crippen MR) is 267 cm³/mol. The number of aryl methyl sites for hydroxylation is 2. The first-order chi connectivity index (χ1) is 33.6. The van der Waals surface area contributed by atoms with Gasteiger partial charge < -0.3 is 29.7 Å². The van der Waals surface area contributed by atoms with E-state index in [9.17, 15) is 42.7 Å². The van der Waals surface area contributed by atoms with Crippen LogP contribution in [0.5, 0.6) is 5.75 Å². The van der Waals surface area contributed by atoms with Gasteiger partial charge in [-0.25, -0.2) is 4.98 Å². The normalized spacial score (nSPS) is 17.3. The third-order valence-corrected chi connectivity index (χ3v) is 13.8. The number of aromatic nitrogens is 2. The lowest BCUT2D eigenvalue weighted by Crippen LogP contribution is -2.56. The number of nitrogens with one attached hydrogen (secondary N) is 1. The van der Waals surface area contributed by atoms with Gasteiger partial charge in [0.1, 0.15) is 23.9 Å². The number of carbonyl (C=O) groups excluding carboxylic acids is 4. The van der Waals surface area contributed by atoms with E-state index in [0.29, 0.717) is 23.6 Å². The highest BCUT2D eigenvalue weighted by molar-refractivity contribution is 7.81. The van der Waals surface area contributed by atoms with Crippen LogP contribution in [0, 0.1) is 23.7 Å². The molecule has 2 fully saturated rings. The summed E-state index contributed by atoms with van der Waals surface area (Å²) in [7, 11) is 0. The van der Waals surface area contributed by atoms with Crippen molar-refractivity contribution in [1.82, 2.24) is 20.2 Å². The number of halogens is 3. The zero-order valence-electron chi connectivity index (χ0n) is 40.1. The molecule has 3 aromatic carbocycles. The number of rotatable bonds is 17. The maximum absolute atomic E-state index is 14.0. The second-order valence-electron chi connectivity index (χ2n) is 19.0. The number of nitriles is 1. The highest BCUT2D eigenvalue weighted by Crippen LogP contribution is 2.40. The lowest BCUT2D eigenvalue weighted by molar-refractivity contribution is -0.143. The van der Waals surface area contributed by atoms with E-state index in [1.165, 1.54) is 11.0 Å². The summed E-state index contributed by atoms with van der Waals surface area (Å²) >= 11 is 7.23. The number of anilines is 2. The summed E-state index contributed by atoms with van der Waals surface area (Å²) in [5.74, 6) is -1.03. The average Bonchev–Trinajstić information content (AvgIpc) is 4.00. The Morgan fingerprint density at radius 1 is 0.958 bits per heavy atom. The number of thiocarbonyl (C=S) groups is 1. The Kier molecular flexibility index (Phi) is 15.8. The Hall–Kier alpha value is -6.59. The first-order valence-corrected chi connectivity index (χ1v) is 24.2. The van der Waals surface area contributed by atoms with Gasteiger partial charge in [-0.3, -0.25) is 29.1 Å². The fraction of sp³-hybridized carbons (Fsp3) is 0.385. The summed E-state index contributed by atoms with van der Waals surface area (Å²) in [6.45, 7) is 11.1. The Morgan fingerprint density at radius 3 is 2.27 bits per heavy atom. The highest BCUT2D eigenvalue weighted by atomic mass is 32.1. The number of aliphatic hydroxyl groups is 1. The molecule has 372 valence electrons. The molecule has 7 rings (SSSR count). The Bertz CT molecular complexity index is 2820. The molecule has 2 N–H and O–H groups in total. The molecule has 0 radical (unpaired) electrons. The number of likely N-dealkylation sites (tertiary alicyclic amines) is 1. The van der Waals surface area contributed by atoms with Crippen molar-refractivity contribution < 1.29 is 46.9 Å². The smallest absolute Gasteiger partial charge is 0.417 e. The van der Waals surface area contributed by atoms with Crippen LogP contribution in [0.3, 0.4) is 0 Å². The van der Waals surface area contributed by atoms with E-state index in [4.69, 9.17) is 21.7 Å². The van der Waals surface area contributed by atoms with Crippen molar-refractivity contribution in [3.8, 4) is 33.5 Å². The number of Topliss-reactive ketones (excluding diaryl/α,β-unsaturated/α-hetero) is 1. The molecule has 0 bridgehead atoms.